The molecule has 0 radical (unpaired) electrons. The van der Waals surface area contributed by atoms with Crippen LogP contribution in [0.4, 0.5) is 0 Å². The molecular formula is C14H15NO3. The molecule has 0 spiro atoms. The Kier molecular flexibility index (Phi) is 2.67. The number of carbonyl (C=O) groups is 2. The van der Waals surface area contributed by atoms with Gasteiger partial charge >= 0.3 is 0 Å². The number of nitrogens with zero attached hydrogens (tertiary/aromatic N) is 1. The number of hydrogen-bond acceptors (Lipinski definition) is 3. The van der Waals surface area contributed by atoms with E-state index in [0.29, 0.717) is 24.0 Å². The fourth-order valence-electron chi connectivity index (χ4n) is 2.90. The Labute approximate surface area is 105 Å². The molecule has 0 unspecified atom stereocenters. The summed E-state index contributed by atoms with van der Waals surface area (Å²) in [5, 5.41) is 10.00. The van der Waals surface area contributed by atoms with Gasteiger partial charge in [0.25, 0.3) is 11.8 Å². The van der Waals surface area contributed by atoms with Crippen LogP contribution in [0.1, 0.15) is 46.4 Å². The zero-order valence-electron chi connectivity index (χ0n) is 10.0. The molecule has 1 saturated carbocycles. The first kappa shape index (κ1) is 11.4. The summed E-state index contributed by atoms with van der Waals surface area (Å²) in [5.41, 5.74) is 0.917. The largest absolute Gasteiger partial charge is 0.391 e. The Morgan fingerprint density at radius 3 is 2.11 bits per heavy atom. The highest BCUT2D eigenvalue weighted by Crippen LogP contribution is 2.30. The Hall–Kier alpha value is -1.68. The lowest BCUT2D eigenvalue weighted by atomic mass is 9.91. The Morgan fingerprint density at radius 2 is 1.56 bits per heavy atom. The second-order valence-corrected chi connectivity index (χ2v) is 4.95. The third-order valence-corrected chi connectivity index (χ3v) is 3.85. The van der Waals surface area contributed by atoms with Crippen molar-refractivity contribution in [3.05, 3.63) is 35.4 Å². The number of benzene rings is 1. The van der Waals surface area contributed by atoms with E-state index in [1.807, 2.05) is 0 Å². The molecule has 1 aliphatic heterocycles. The van der Waals surface area contributed by atoms with Gasteiger partial charge in [0.05, 0.1) is 23.3 Å². The van der Waals surface area contributed by atoms with Crippen LogP contribution < -0.4 is 0 Å². The number of rotatable bonds is 1. The van der Waals surface area contributed by atoms with Crippen LogP contribution in [0.3, 0.4) is 0 Å². The van der Waals surface area contributed by atoms with Gasteiger partial charge in [-0.2, -0.15) is 0 Å². The number of aliphatic hydroxyl groups is 1. The monoisotopic (exact) mass is 245 g/mol. The summed E-state index contributed by atoms with van der Waals surface area (Å²) in [5.74, 6) is -0.525. The number of fused-ring (bicyclic) bond motifs is 1. The first-order chi connectivity index (χ1) is 8.70. The molecule has 1 heterocycles. The van der Waals surface area contributed by atoms with E-state index in [2.05, 4.69) is 0 Å². The van der Waals surface area contributed by atoms with Gasteiger partial charge in [0.2, 0.25) is 0 Å². The molecule has 18 heavy (non-hydrogen) atoms. The minimum Gasteiger partial charge on any atom is -0.391 e. The van der Waals surface area contributed by atoms with Gasteiger partial charge in [-0.05, 0) is 25.0 Å². The highest BCUT2D eigenvalue weighted by molar-refractivity contribution is 6.21. The fourth-order valence-corrected chi connectivity index (χ4v) is 2.90. The van der Waals surface area contributed by atoms with Crippen molar-refractivity contribution in [2.24, 2.45) is 0 Å². The molecule has 2 aliphatic rings. The van der Waals surface area contributed by atoms with E-state index in [0.717, 1.165) is 12.8 Å². The van der Waals surface area contributed by atoms with Gasteiger partial charge in [0, 0.05) is 0 Å². The topological polar surface area (TPSA) is 57.6 Å². The van der Waals surface area contributed by atoms with Crippen molar-refractivity contribution < 1.29 is 14.7 Å². The van der Waals surface area contributed by atoms with E-state index in [9.17, 15) is 14.7 Å². The Balaban J connectivity index is 1.96. The van der Waals surface area contributed by atoms with Crippen molar-refractivity contribution in [3.8, 4) is 0 Å². The molecule has 0 aromatic heterocycles. The van der Waals surface area contributed by atoms with Crippen LogP contribution in [0.5, 0.6) is 0 Å². The summed E-state index contributed by atoms with van der Waals surface area (Å²) in [6.07, 6.45) is 2.70. The maximum atomic E-state index is 12.2. The first-order valence-corrected chi connectivity index (χ1v) is 6.35. The average molecular weight is 245 g/mol. The van der Waals surface area contributed by atoms with Crippen molar-refractivity contribution in [3.63, 3.8) is 0 Å². The standard InChI is InChI=1S/C14H15NO3/c16-12-8-4-3-7-11(12)15-13(17)9-5-1-2-6-10(9)14(15)18/h1-2,5-6,11-12,16H,3-4,7-8H2/t11-,12+/m0/s1. The van der Waals surface area contributed by atoms with Crippen molar-refractivity contribution in [2.45, 2.75) is 37.8 Å². The van der Waals surface area contributed by atoms with E-state index < -0.39 is 6.10 Å². The van der Waals surface area contributed by atoms with Gasteiger partial charge in [0.1, 0.15) is 0 Å². The maximum Gasteiger partial charge on any atom is 0.261 e. The molecule has 1 aromatic rings. The summed E-state index contributed by atoms with van der Waals surface area (Å²) in [7, 11) is 0. The smallest absolute Gasteiger partial charge is 0.261 e. The second kappa shape index (κ2) is 4.21. The summed E-state index contributed by atoms with van der Waals surface area (Å²) < 4.78 is 0. The van der Waals surface area contributed by atoms with Crippen LogP contribution in [-0.2, 0) is 0 Å². The summed E-state index contributed by atoms with van der Waals surface area (Å²) >= 11 is 0. The molecule has 2 amide bonds. The van der Waals surface area contributed by atoms with Crippen molar-refractivity contribution in [1.29, 1.82) is 0 Å². The maximum absolute atomic E-state index is 12.2. The van der Waals surface area contributed by atoms with Crippen LogP contribution in [0.25, 0.3) is 0 Å². The normalized spacial score (nSPS) is 27.5. The number of hydrogen-bond donors (Lipinski definition) is 1. The number of aliphatic hydroxyl groups excluding tert-OH is 1. The summed E-state index contributed by atoms with van der Waals surface area (Å²) in [6, 6.07) is 6.50. The lowest BCUT2D eigenvalue weighted by Gasteiger charge is -2.33. The van der Waals surface area contributed by atoms with Crippen LogP contribution in [0.15, 0.2) is 24.3 Å². The minimum atomic E-state index is -0.582. The third-order valence-electron chi connectivity index (χ3n) is 3.85. The molecule has 2 atom stereocenters. The molecule has 0 saturated heterocycles. The van der Waals surface area contributed by atoms with Gasteiger partial charge in [-0.1, -0.05) is 25.0 Å². The van der Waals surface area contributed by atoms with Gasteiger partial charge in [0.15, 0.2) is 0 Å². The molecule has 94 valence electrons. The van der Waals surface area contributed by atoms with Crippen LogP contribution in [0, 0.1) is 0 Å². The molecular weight excluding hydrogens is 230 g/mol. The lowest BCUT2D eigenvalue weighted by Crippen LogP contribution is -2.48. The molecule has 3 rings (SSSR count). The predicted molar refractivity (Wildman–Crippen MR) is 65.2 cm³/mol. The van der Waals surface area contributed by atoms with Crippen molar-refractivity contribution >= 4 is 11.8 Å². The van der Waals surface area contributed by atoms with E-state index >= 15 is 0 Å². The molecule has 1 aliphatic carbocycles. The van der Waals surface area contributed by atoms with Gasteiger partial charge < -0.3 is 5.11 Å². The molecule has 0 bridgehead atoms. The number of imide groups is 1. The van der Waals surface area contributed by atoms with Gasteiger partial charge in [-0.3, -0.25) is 14.5 Å². The first-order valence-electron chi connectivity index (χ1n) is 6.35. The van der Waals surface area contributed by atoms with Crippen LogP contribution in [0.2, 0.25) is 0 Å². The lowest BCUT2D eigenvalue weighted by molar-refractivity contribution is 0.0203. The van der Waals surface area contributed by atoms with E-state index in [1.54, 1.807) is 24.3 Å². The summed E-state index contributed by atoms with van der Waals surface area (Å²) in [4.78, 5) is 25.8. The minimum absolute atomic E-state index is 0.262. The zero-order chi connectivity index (χ0) is 12.7. The van der Waals surface area contributed by atoms with Crippen molar-refractivity contribution in [2.75, 3.05) is 0 Å². The van der Waals surface area contributed by atoms with E-state index in [-0.39, 0.29) is 17.9 Å². The van der Waals surface area contributed by atoms with Crippen molar-refractivity contribution in [1.82, 2.24) is 4.90 Å². The highest BCUT2D eigenvalue weighted by Gasteiger charge is 2.42. The third kappa shape index (κ3) is 1.56. The number of carbonyl (C=O) groups excluding carboxylic acids is 2. The van der Waals surface area contributed by atoms with Crippen LogP contribution in [-0.4, -0.2) is 34.0 Å². The zero-order valence-corrected chi connectivity index (χ0v) is 10.0. The summed E-state index contributed by atoms with van der Waals surface area (Å²) in [6.45, 7) is 0. The Bertz CT molecular complexity index is 477. The van der Waals surface area contributed by atoms with Gasteiger partial charge in [-0.25, -0.2) is 0 Å². The average Bonchev–Trinajstić information content (AvgIpc) is 2.64. The Morgan fingerprint density at radius 1 is 1.00 bits per heavy atom. The SMILES string of the molecule is O=C1c2ccccc2C(=O)N1[C@H]1CCCC[C@H]1O. The number of amides is 2. The fraction of sp³-hybridized carbons (Fsp3) is 0.429. The van der Waals surface area contributed by atoms with Crippen LogP contribution >= 0.6 is 0 Å². The molecule has 4 heteroatoms. The predicted octanol–water partition coefficient (Wildman–Crippen LogP) is 1.59. The molecule has 4 nitrogen and oxygen atoms in total. The molecule has 1 N–H and O–H groups in total. The van der Waals surface area contributed by atoms with Gasteiger partial charge in [-0.15, -0.1) is 0 Å². The quantitative estimate of drug-likeness (QED) is 0.764. The second-order valence-electron chi connectivity index (χ2n) is 4.95. The van der Waals surface area contributed by atoms with E-state index in [4.69, 9.17) is 0 Å². The van der Waals surface area contributed by atoms with E-state index in [1.165, 1.54) is 4.90 Å². The molecule has 1 aromatic carbocycles. The highest BCUT2D eigenvalue weighted by atomic mass is 16.3. The molecule has 1 fully saturated rings.